The zero-order valence-electron chi connectivity index (χ0n) is 19.0. The summed E-state index contributed by atoms with van der Waals surface area (Å²) in [7, 11) is 0. The third kappa shape index (κ3) is 5.12. The average molecular weight is 453 g/mol. The van der Waals surface area contributed by atoms with Gasteiger partial charge in [-0.3, -0.25) is 9.48 Å². The van der Waals surface area contributed by atoms with Gasteiger partial charge in [0.05, 0.1) is 6.04 Å². The molecule has 1 amide bonds. The summed E-state index contributed by atoms with van der Waals surface area (Å²) in [6.45, 7) is 1.72. The van der Waals surface area contributed by atoms with Gasteiger partial charge < -0.3 is 15.0 Å². The molecule has 2 heterocycles. The molecule has 0 unspecified atom stereocenters. The lowest BCUT2D eigenvalue weighted by Crippen LogP contribution is -2.46. The van der Waals surface area contributed by atoms with E-state index >= 15 is 0 Å². The number of hydrogen-bond donors (Lipinski definition) is 1. The SMILES string of the molecule is O=C(Cn1cccn1)N1Cc2ccccc2NCc2ccccc2OC[C@@H]1Cc1ccccc1. The molecule has 1 aliphatic heterocycles. The van der Waals surface area contributed by atoms with Crippen molar-refractivity contribution in [2.45, 2.75) is 32.1 Å². The number of carbonyl (C=O) groups is 1. The Hall–Kier alpha value is -4.06. The molecule has 1 aliphatic rings. The lowest BCUT2D eigenvalue weighted by molar-refractivity contribution is -0.135. The summed E-state index contributed by atoms with van der Waals surface area (Å²) in [6.07, 6.45) is 4.21. The second-order valence-electron chi connectivity index (χ2n) is 8.50. The number of ether oxygens (including phenoxy) is 1. The summed E-state index contributed by atoms with van der Waals surface area (Å²) in [4.78, 5) is 15.6. The number of fused-ring (bicyclic) bond motifs is 2. The van der Waals surface area contributed by atoms with E-state index in [2.05, 4.69) is 40.7 Å². The molecule has 6 heteroatoms. The normalized spacial score (nSPS) is 15.8. The number of amides is 1. The summed E-state index contributed by atoms with van der Waals surface area (Å²) in [5, 5.41) is 7.80. The Morgan fingerprint density at radius 2 is 1.71 bits per heavy atom. The van der Waals surface area contributed by atoms with Crippen LogP contribution in [-0.2, 0) is 30.8 Å². The Labute approximate surface area is 199 Å². The van der Waals surface area contributed by atoms with Crippen LogP contribution in [0.4, 0.5) is 5.69 Å². The minimum Gasteiger partial charge on any atom is -0.491 e. The molecule has 0 radical (unpaired) electrons. The van der Waals surface area contributed by atoms with Gasteiger partial charge in [0.1, 0.15) is 18.9 Å². The lowest BCUT2D eigenvalue weighted by Gasteiger charge is -2.32. The summed E-state index contributed by atoms with van der Waals surface area (Å²) in [6, 6.07) is 28.2. The van der Waals surface area contributed by atoms with Gasteiger partial charge in [0.2, 0.25) is 5.91 Å². The van der Waals surface area contributed by atoms with Crippen LogP contribution >= 0.6 is 0 Å². The highest BCUT2D eigenvalue weighted by atomic mass is 16.5. The quantitative estimate of drug-likeness (QED) is 0.494. The van der Waals surface area contributed by atoms with E-state index < -0.39 is 0 Å². The van der Waals surface area contributed by atoms with Crippen LogP contribution in [0, 0.1) is 0 Å². The second-order valence-corrected chi connectivity index (χ2v) is 8.50. The van der Waals surface area contributed by atoms with E-state index in [0.717, 1.165) is 22.6 Å². The maximum atomic E-state index is 13.7. The molecular formula is C28H28N4O2. The third-order valence-corrected chi connectivity index (χ3v) is 6.16. The number of hydrogen-bond acceptors (Lipinski definition) is 4. The van der Waals surface area contributed by atoms with Gasteiger partial charge in [-0.1, -0.05) is 66.7 Å². The molecule has 3 aromatic carbocycles. The number of para-hydroxylation sites is 2. The van der Waals surface area contributed by atoms with Gasteiger partial charge in [0.25, 0.3) is 0 Å². The number of carbonyl (C=O) groups excluding carboxylic acids is 1. The molecule has 172 valence electrons. The minimum atomic E-state index is -0.148. The maximum Gasteiger partial charge on any atom is 0.244 e. The van der Waals surface area contributed by atoms with Gasteiger partial charge in [-0.15, -0.1) is 0 Å². The number of aromatic nitrogens is 2. The van der Waals surface area contributed by atoms with E-state index in [4.69, 9.17) is 4.74 Å². The highest BCUT2D eigenvalue weighted by Crippen LogP contribution is 2.26. The first-order valence-electron chi connectivity index (χ1n) is 11.6. The van der Waals surface area contributed by atoms with Gasteiger partial charge in [-0.2, -0.15) is 5.10 Å². The topological polar surface area (TPSA) is 59.4 Å². The standard InChI is InChI=1S/C28H28N4O2/c33-28(20-31-16-8-15-30-31)32-19-24-12-4-6-13-26(24)29-18-23-11-5-7-14-27(23)34-21-25(32)17-22-9-2-1-3-10-22/h1-16,25,29H,17-21H2/t25-/m0/s1. The number of nitrogens with one attached hydrogen (secondary N) is 1. The van der Waals surface area contributed by atoms with Crippen molar-refractivity contribution in [3.8, 4) is 5.75 Å². The van der Waals surface area contributed by atoms with Crippen LogP contribution in [0.15, 0.2) is 97.3 Å². The van der Waals surface area contributed by atoms with Gasteiger partial charge in [0, 0.05) is 36.7 Å². The second kappa shape index (κ2) is 10.3. The van der Waals surface area contributed by atoms with Gasteiger partial charge >= 0.3 is 0 Å². The van der Waals surface area contributed by atoms with Crippen molar-refractivity contribution in [2.24, 2.45) is 0 Å². The molecule has 1 atom stereocenters. The number of nitrogens with zero attached hydrogens (tertiary/aromatic N) is 3. The Morgan fingerprint density at radius 3 is 2.53 bits per heavy atom. The van der Waals surface area contributed by atoms with Crippen LogP contribution in [0.3, 0.4) is 0 Å². The first-order chi connectivity index (χ1) is 16.8. The predicted molar refractivity (Wildman–Crippen MR) is 132 cm³/mol. The largest absolute Gasteiger partial charge is 0.491 e. The van der Waals surface area contributed by atoms with Crippen LogP contribution in [0.5, 0.6) is 5.75 Å². The Bertz CT molecular complexity index is 1220. The number of benzene rings is 3. The predicted octanol–water partition coefficient (Wildman–Crippen LogP) is 4.53. The van der Waals surface area contributed by atoms with E-state index in [0.29, 0.717) is 26.1 Å². The number of anilines is 1. The van der Waals surface area contributed by atoms with E-state index in [1.54, 1.807) is 10.9 Å². The van der Waals surface area contributed by atoms with Gasteiger partial charge in [-0.05, 0) is 35.7 Å². The first-order valence-corrected chi connectivity index (χ1v) is 11.6. The van der Waals surface area contributed by atoms with Crippen LogP contribution < -0.4 is 10.1 Å². The summed E-state index contributed by atoms with van der Waals surface area (Å²) < 4.78 is 8.04. The smallest absolute Gasteiger partial charge is 0.244 e. The summed E-state index contributed by atoms with van der Waals surface area (Å²) in [5.41, 5.74) is 4.36. The Kier molecular flexibility index (Phi) is 6.56. The van der Waals surface area contributed by atoms with Crippen molar-refractivity contribution in [3.63, 3.8) is 0 Å². The van der Waals surface area contributed by atoms with Crippen LogP contribution in [-0.4, -0.2) is 33.2 Å². The lowest BCUT2D eigenvalue weighted by atomic mass is 10.0. The molecular weight excluding hydrogens is 424 g/mol. The molecule has 1 aromatic heterocycles. The fourth-order valence-electron chi connectivity index (χ4n) is 4.37. The zero-order valence-corrected chi connectivity index (χ0v) is 19.0. The third-order valence-electron chi connectivity index (χ3n) is 6.16. The highest BCUT2D eigenvalue weighted by molar-refractivity contribution is 5.76. The molecule has 0 bridgehead atoms. The molecule has 4 aromatic rings. The van der Waals surface area contributed by atoms with Crippen molar-refractivity contribution >= 4 is 11.6 Å². The molecule has 6 nitrogen and oxygen atoms in total. The summed E-state index contributed by atoms with van der Waals surface area (Å²) in [5.74, 6) is 0.850. The molecule has 0 aliphatic carbocycles. The van der Waals surface area contributed by atoms with E-state index in [-0.39, 0.29) is 18.5 Å². The van der Waals surface area contributed by atoms with E-state index in [1.807, 2.05) is 65.7 Å². The maximum absolute atomic E-state index is 13.7. The Balaban J connectivity index is 1.54. The van der Waals surface area contributed by atoms with Crippen molar-refractivity contribution in [1.29, 1.82) is 0 Å². The van der Waals surface area contributed by atoms with Crippen molar-refractivity contribution in [1.82, 2.24) is 14.7 Å². The molecule has 5 rings (SSSR count). The van der Waals surface area contributed by atoms with Crippen LogP contribution in [0.1, 0.15) is 16.7 Å². The van der Waals surface area contributed by atoms with Crippen LogP contribution in [0.2, 0.25) is 0 Å². The molecule has 1 N–H and O–H groups in total. The minimum absolute atomic E-state index is 0.00978. The number of rotatable bonds is 4. The van der Waals surface area contributed by atoms with Crippen molar-refractivity contribution in [3.05, 3.63) is 114 Å². The summed E-state index contributed by atoms with van der Waals surface area (Å²) >= 11 is 0. The van der Waals surface area contributed by atoms with Gasteiger partial charge in [0.15, 0.2) is 0 Å². The van der Waals surface area contributed by atoms with E-state index in [1.165, 1.54) is 5.56 Å². The fraction of sp³-hybridized carbons (Fsp3) is 0.214. The Morgan fingerprint density at radius 1 is 0.941 bits per heavy atom. The van der Waals surface area contributed by atoms with Crippen molar-refractivity contribution in [2.75, 3.05) is 11.9 Å². The van der Waals surface area contributed by atoms with Crippen LogP contribution in [0.25, 0.3) is 0 Å². The molecule has 0 fully saturated rings. The van der Waals surface area contributed by atoms with Crippen molar-refractivity contribution < 1.29 is 9.53 Å². The molecule has 34 heavy (non-hydrogen) atoms. The van der Waals surface area contributed by atoms with Gasteiger partial charge in [-0.25, -0.2) is 0 Å². The molecule has 0 saturated carbocycles. The zero-order chi connectivity index (χ0) is 23.2. The molecule has 0 spiro atoms. The van der Waals surface area contributed by atoms with E-state index in [9.17, 15) is 4.79 Å². The molecule has 0 saturated heterocycles. The fourth-order valence-corrected chi connectivity index (χ4v) is 4.37. The average Bonchev–Trinajstić information content (AvgIpc) is 3.37. The monoisotopic (exact) mass is 452 g/mol. The highest BCUT2D eigenvalue weighted by Gasteiger charge is 2.27. The first kappa shape index (κ1) is 21.8.